The topological polar surface area (TPSA) is 100 Å². The van der Waals surface area contributed by atoms with Gasteiger partial charge in [0.25, 0.3) is 5.91 Å². The van der Waals surface area contributed by atoms with Crippen molar-refractivity contribution in [2.24, 2.45) is 0 Å². The molecule has 2 N–H and O–H groups in total. The Morgan fingerprint density at radius 2 is 1.77 bits per heavy atom. The van der Waals surface area contributed by atoms with Crippen LogP contribution in [0.25, 0.3) is 0 Å². The van der Waals surface area contributed by atoms with Crippen LogP contribution in [0.3, 0.4) is 0 Å². The van der Waals surface area contributed by atoms with Gasteiger partial charge in [0.2, 0.25) is 5.91 Å². The number of hydrogen-bond donors (Lipinski definition) is 2. The van der Waals surface area contributed by atoms with Gasteiger partial charge in [-0.1, -0.05) is 44.2 Å². The van der Waals surface area contributed by atoms with E-state index in [-0.39, 0.29) is 13.1 Å². The fourth-order valence-corrected chi connectivity index (χ4v) is 3.97. The summed E-state index contributed by atoms with van der Waals surface area (Å²) in [6.45, 7) is 8.96. The average Bonchev–Trinajstić information content (AvgIpc) is 3.09. The number of ether oxygens (including phenoxy) is 2. The summed E-state index contributed by atoms with van der Waals surface area (Å²) in [6, 6.07) is 13.8. The molecule has 1 aliphatic rings. The third-order valence-electron chi connectivity index (χ3n) is 6.25. The van der Waals surface area contributed by atoms with E-state index < -0.39 is 23.4 Å². The Bertz CT molecular complexity index is 1040. The average molecular weight is 483 g/mol. The second-order valence-corrected chi connectivity index (χ2v) is 8.43. The van der Waals surface area contributed by atoms with E-state index in [1.165, 1.54) is 0 Å². The number of methoxy groups -OCH3 is 1. The maximum absolute atomic E-state index is 13.1. The summed E-state index contributed by atoms with van der Waals surface area (Å²) in [4.78, 5) is 41.5. The zero-order valence-corrected chi connectivity index (χ0v) is 20.8. The molecule has 0 saturated carbocycles. The molecule has 4 amide bonds. The van der Waals surface area contributed by atoms with Crippen molar-refractivity contribution in [2.45, 2.75) is 32.9 Å². The van der Waals surface area contributed by atoms with Crippen molar-refractivity contribution in [3.8, 4) is 11.5 Å². The molecule has 1 saturated heterocycles. The summed E-state index contributed by atoms with van der Waals surface area (Å²) >= 11 is 0. The number of rotatable bonds is 12. The molecule has 0 radical (unpaired) electrons. The highest BCUT2D eigenvalue weighted by Crippen LogP contribution is 2.30. The quantitative estimate of drug-likeness (QED) is 0.451. The van der Waals surface area contributed by atoms with E-state index in [9.17, 15) is 14.4 Å². The largest absolute Gasteiger partial charge is 0.497 e. The molecule has 0 spiro atoms. The molecule has 1 unspecified atom stereocenters. The van der Waals surface area contributed by atoms with E-state index in [1.54, 1.807) is 38.3 Å². The van der Waals surface area contributed by atoms with Crippen molar-refractivity contribution in [3.63, 3.8) is 0 Å². The Hall–Kier alpha value is -3.59. The number of carbonyl (C=O) groups is 3. The van der Waals surface area contributed by atoms with Crippen LogP contribution in [0, 0.1) is 0 Å². The first-order chi connectivity index (χ1) is 16.8. The van der Waals surface area contributed by atoms with Crippen molar-refractivity contribution < 1.29 is 23.9 Å². The smallest absolute Gasteiger partial charge is 0.325 e. The third-order valence-corrected chi connectivity index (χ3v) is 6.25. The second-order valence-electron chi connectivity index (χ2n) is 8.43. The number of benzene rings is 2. The molecule has 35 heavy (non-hydrogen) atoms. The predicted octanol–water partition coefficient (Wildman–Crippen LogP) is 2.50. The van der Waals surface area contributed by atoms with Gasteiger partial charge in [-0.15, -0.1) is 0 Å². The standard InChI is InChI=1S/C26H34N4O5/c1-5-29(6-2)15-16-35-22-10-8-7-9-19(22)17-27-23(31)18-30-24(32)26(3,28-25(30)33)20-11-13-21(34-4)14-12-20/h7-14H,5-6,15-18H2,1-4H3,(H,27,31)(H,28,33). The number of nitrogens with zero attached hydrogens (tertiary/aromatic N) is 2. The zero-order valence-electron chi connectivity index (χ0n) is 20.8. The van der Waals surface area contributed by atoms with Crippen LogP contribution in [0.4, 0.5) is 4.79 Å². The van der Waals surface area contributed by atoms with Gasteiger partial charge in [-0.3, -0.25) is 14.5 Å². The molecule has 9 heteroatoms. The monoisotopic (exact) mass is 482 g/mol. The maximum Gasteiger partial charge on any atom is 0.325 e. The zero-order chi connectivity index (χ0) is 25.4. The highest BCUT2D eigenvalue weighted by atomic mass is 16.5. The Morgan fingerprint density at radius 3 is 2.43 bits per heavy atom. The van der Waals surface area contributed by atoms with Crippen LogP contribution in [0.1, 0.15) is 31.9 Å². The molecule has 1 atom stereocenters. The van der Waals surface area contributed by atoms with E-state index in [1.807, 2.05) is 24.3 Å². The molecule has 9 nitrogen and oxygen atoms in total. The SMILES string of the molecule is CCN(CC)CCOc1ccccc1CNC(=O)CN1C(=O)NC(C)(c2ccc(OC)cc2)C1=O. The number of hydrogen-bond acceptors (Lipinski definition) is 6. The van der Waals surface area contributed by atoms with Crippen LogP contribution in [-0.2, 0) is 21.7 Å². The molecule has 0 aromatic heterocycles. The molecule has 1 fully saturated rings. The Labute approximate surface area is 206 Å². The van der Waals surface area contributed by atoms with Crippen LogP contribution in [-0.4, -0.2) is 67.5 Å². The summed E-state index contributed by atoms with van der Waals surface area (Å²) in [5.74, 6) is 0.415. The molecular weight excluding hydrogens is 448 g/mol. The second kappa shape index (κ2) is 11.7. The number of carbonyl (C=O) groups excluding carboxylic acids is 3. The van der Waals surface area contributed by atoms with Gasteiger partial charge in [0.05, 0.1) is 7.11 Å². The Kier molecular flexibility index (Phi) is 8.70. The van der Waals surface area contributed by atoms with Gasteiger partial charge < -0.3 is 25.0 Å². The lowest BCUT2D eigenvalue weighted by molar-refractivity contribution is -0.134. The number of nitrogens with one attached hydrogen (secondary N) is 2. The van der Waals surface area contributed by atoms with Crippen LogP contribution in [0.2, 0.25) is 0 Å². The van der Waals surface area contributed by atoms with E-state index in [4.69, 9.17) is 9.47 Å². The minimum absolute atomic E-state index is 0.222. The summed E-state index contributed by atoms with van der Waals surface area (Å²) in [5.41, 5.74) is 0.172. The summed E-state index contributed by atoms with van der Waals surface area (Å²) in [7, 11) is 1.55. The number of urea groups is 1. The van der Waals surface area contributed by atoms with Gasteiger partial charge in [-0.25, -0.2) is 4.79 Å². The van der Waals surface area contributed by atoms with E-state index in [0.29, 0.717) is 23.7 Å². The van der Waals surface area contributed by atoms with Crippen molar-refractivity contribution in [1.82, 2.24) is 20.4 Å². The lowest BCUT2D eigenvalue weighted by Crippen LogP contribution is -2.43. The first-order valence-electron chi connectivity index (χ1n) is 11.8. The van der Waals surface area contributed by atoms with Crippen LogP contribution < -0.4 is 20.1 Å². The van der Waals surface area contributed by atoms with Crippen LogP contribution in [0.5, 0.6) is 11.5 Å². The van der Waals surface area contributed by atoms with Gasteiger partial charge in [-0.05, 0) is 43.8 Å². The molecule has 188 valence electrons. The fraction of sp³-hybridized carbons (Fsp3) is 0.423. The molecule has 3 rings (SSSR count). The molecule has 1 aliphatic heterocycles. The van der Waals surface area contributed by atoms with Crippen LogP contribution in [0.15, 0.2) is 48.5 Å². The van der Waals surface area contributed by atoms with E-state index >= 15 is 0 Å². The maximum atomic E-state index is 13.1. The Morgan fingerprint density at radius 1 is 1.09 bits per heavy atom. The lowest BCUT2D eigenvalue weighted by atomic mass is 9.92. The van der Waals surface area contributed by atoms with Crippen molar-refractivity contribution in [2.75, 3.05) is 39.9 Å². The molecule has 2 aromatic rings. The third kappa shape index (κ3) is 6.10. The van der Waals surface area contributed by atoms with Gasteiger partial charge in [0.15, 0.2) is 0 Å². The number of amides is 4. The molecular formula is C26H34N4O5. The van der Waals surface area contributed by atoms with Gasteiger partial charge >= 0.3 is 6.03 Å². The summed E-state index contributed by atoms with van der Waals surface area (Å²) < 4.78 is 11.1. The van der Waals surface area contributed by atoms with Crippen molar-refractivity contribution in [3.05, 3.63) is 59.7 Å². The van der Waals surface area contributed by atoms with E-state index in [0.717, 1.165) is 30.1 Å². The minimum Gasteiger partial charge on any atom is -0.497 e. The number of imide groups is 1. The van der Waals surface area contributed by atoms with Gasteiger partial charge in [0.1, 0.15) is 30.2 Å². The van der Waals surface area contributed by atoms with Gasteiger partial charge in [0, 0.05) is 18.7 Å². The van der Waals surface area contributed by atoms with Crippen molar-refractivity contribution >= 4 is 17.8 Å². The molecule has 0 aliphatic carbocycles. The Balaban J connectivity index is 1.58. The minimum atomic E-state index is -1.26. The first-order valence-corrected chi connectivity index (χ1v) is 11.8. The van der Waals surface area contributed by atoms with E-state index in [2.05, 4.69) is 29.4 Å². The number of para-hydroxylation sites is 1. The predicted molar refractivity (Wildman–Crippen MR) is 132 cm³/mol. The molecule has 1 heterocycles. The first kappa shape index (κ1) is 26.0. The highest BCUT2D eigenvalue weighted by molar-refractivity contribution is 6.09. The summed E-state index contributed by atoms with van der Waals surface area (Å²) in [6.07, 6.45) is 0. The molecule has 0 bridgehead atoms. The highest BCUT2D eigenvalue weighted by Gasteiger charge is 2.49. The lowest BCUT2D eigenvalue weighted by Gasteiger charge is -2.22. The van der Waals surface area contributed by atoms with Crippen molar-refractivity contribution in [1.29, 1.82) is 0 Å². The fourth-order valence-electron chi connectivity index (χ4n) is 3.97. The normalized spacial score (nSPS) is 17.5. The van der Waals surface area contributed by atoms with Gasteiger partial charge in [-0.2, -0.15) is 0 Å². The molecule has 2 aromatic carbocycles. The van der Waals surface area contributed by atoms with Crippen LogP contribution >= 0.6 is 0 Å². The summed E-state index contributed by atoms with van der Waals surface area (Å²) in [5, 5.41) is 5.50. The number of likely N-dealkylation sites (N-methyl/N-ethyl adjacent to an activating group) is 1.